The van der Waals surface area contributed by atoms with Crippen LogP contribution in [0.1, 0.15) is 18.7 Å². The fourth-order valence-corrected chi connectivity index (χ4v) is 8.18. The number of hydrogen-bond donors (Lipinski definition) is 0. The molecule has 1 aromatic heterocycles. The molecule has 12 heteroatoms. The third kappa shape index (κ3) is 5.66. The summed E-state index contributed by atoms with van der Waals surface area (Å²) >= 11 is 1.09. The highest BCUT2D eigenvalue weighted by Gasteiger charge is 2.35. The average molecular weight is 486 g/mol. The van der Waals surface area contributed by atoms with Gasteiger partial charge in [0.25, 0.3) is 5.22 Å². The summed E-state index contributed by atoms with van der Waals surface area (Å²) in [6.45, 7) is 0. The summed E-state index contributed by atoms with van der Waals surface area (Å²) in [5.74, 6) is 0.464. The van der Waals surface area contributed by atoms with Crippen LogP contribution < -0.4 is 4.90 Å². The Morgan fingerprint density at radius 2 is 1.74 bits per heavy atom. The molecule has 0 spiro atoms. The second-order valence-corrected chi connectivity index (χ2v) is 13.3. The van der Waals surface area contributed by atoms with Crippen molar-refractivity contribution in [2.24, 2.45) is 5.92 Å². The van der Waals surface area contributed by atoms with Gasteiger partial charge in [0.15, 0.2) is 19.7 Å². The summed E-state index contributed by atoms with van der Waals surface area (Å²) in [4.78, 5) is 14.6. The van der Waals surface area contributed by atoms with Crippen molar-refractivity contribution in [3.63, 3.8) is 0 Å². The van der Waals surface area contributed by atoms with Crippen molar-refractivity contribution in [2.45, 2.75) is 30.5 Å². The van der Waals surface area contributed by atoms with Crippen LogP contribution in [-0.2, 0) is 30.9 Å². The molecule has 0 bridgehead atoms. The molecule has 2 aromatic rings. The van der Waals surface area contributed by atoms with E-state index in [-0.39, 0.29) is 45.8 Å². The largest absolute Gasteiger partial charge is 0.416 e. The SMILES string of the molecule is O=C(CSc1nnc(C[C@H]2CCS(=O)(=O)C2)o1)N(c1ccccc1)[C@H]1CCS(=O)(=O)C1. The molecule has 0 N–H and O–H groups in total. The van der Waals surface area contributed by atoms with E-state index in [4.69, 9.17) is 4.42 Å². The standard InChI is InChI=1S/C19H23N3O6S3/c23-18(22(15-4-2-1-3-5-15)16-7-9-31(26,27)13-16)11-29-19-21-20-17(28-19)10-14-6-8-30(24,25)12-14/h1-5,14,16H,6-13H2/t14-,16+/m1/s1. The van der Waals surface area contributed by atoms with E-state index in [0.29, 0.717) is 30.8 Å². The number of benzene rings is 1. The first-order valence-corrected chi connectivity index (χ1v) is 14.6. The number of amides is 1. The predicted molar refractivity (Wildman–Crippen MR) is 116 cm³/mol. The molecular formula is C19H23N3O6S3. The van der Waals surface area contributed by atoms with E-state index in [0.717, 1.165) is 11.8 Å². The van der Waals surface area contributed by atoms with Crippen molar-refractivity contribution in [3.8, 4) is 0 Å². The Bertz CT molecular complexity index is 1150. The number of nitrogens with zero attached hydrogens (tertiary/aromatic N) is 3. The fraction of sp³-hybridized carbons (Fsp3) is 0.526. The smallest absolute Gasteiger partial charge is 0.277 e. The van der Waals surface area contributed by atoms with Gasteiger partial charge in [0.1, 0.15) is 0 Å². The number of anilines is 1. The summed E-state index contributed by atoms with van der Waals surface area (Å²) < 4.78 is 52.7. The molecular weight excluding hydrogens is 462 g/mol. The van der Waals surface area contributed by atoms with E-state index < -0.39 is 25.7 Å². The first kappa shape index (κ1) is 22.3. The number of hydrogen-bond acceptors (Lipinski definition) is 9. The number of para-hydroxylation sites is 1. The van der Waals surface area contributed by atoms with Crippen LogP contribution in [0.25, 0.3) is 0 Å². The van der Waals surface area contributed by atoms with Gasteiger partial charge >= 0.3 is 0 Å². The Kier molecular flexibility index (Phi) is 6.40. The van der Waals surface area contributed by atoms with Gasteiger partial charge in [0, 0.05) is 12.1 Å². The first-order valence-electron chi connectivity index (χ1n) is 9.94. The second-order valence-electron chi connectivity index (χ2n) is 7.88. The molecule has 2 saturated heterocycles. The minimum Gasteiger partial charge on any atom is -0.416 e. The Hall–Kier alpha value is -1.92. The Balaban J connectivity index is 1.40. The van der Waals surface area contributed by atoms with Crippen molar-refractivity contribution in [2.75, 3.05) is 33.7 Å². The van der Waals surface area contributed by atoms with Gasteiger partial charge in [-0.05, 0) is 30.9 Å². The predicted octanol–water partition coefficient (Wildman–Crippen LogP) is 1.36. The second kappa shape index (κ2) is 8.91. The van der Waals surface area contributed by atoms with E-state index in [2.05, 4.69) is 10.2 Å². The Morgan fingerprint density at radius 3 is 2.39 bits per heavy atom. The van der Waals surface area contributed by atoms with E-state index in [1.54, 1.807) is 29.2 Å². The molecule has 2 atom stereocenters. The fourth-order valence-electron chi connectivity index (χ4n) is 3.98. The maximum absolute atomic E-state index is 13.0. The molecule has 1 aromatic carbocycles. The quantitative estimate of drug-likeness (QED) is 0.534. The lowest BCUT2D eigenvalue weighted by molar-refractivity contribution is -0.116. The summed E-state index contributed by atoms with van der Waals surface area (Å²) in [5, 5.41) is 8.15. The zero-order valence-electron chi connectivity index (χ0n) is 16.7. The van der Waals surface area contributed by atoms with Gasteiger partial charge in [-0.15, -0.1) is 10.2 Å². The van der Waals surface area contributed by atoms with Crippen LogP contribution in [0.2, 0.25) is 0 Å². The monoisotopic (exact) mass is 485 g/mol. The van der Waals surface area contributed by atoms with Crippen molar-refractivity contribution in [1.82, 2.24) is 10.2 Å². The van der Waals surface area contributed by atoms with E-state index in [9.17, 15) is 21.6 Å². The van der Waals surface area contributed by atoms with E-state index in [1.165, 1.54) is 0 Å². The van der Waals surface area contributed by atoms with Crippen LogP contribution in [0, 0.1) is 5.92 Å². The van der Waals surface area contributed by atoms with Crippen molar-refractivity contribution < 1.29 is 26.0 Å². The van der Waals surface area contributed by atoms with E-state index >= 15 is 0 Å². The molecule has 9 nitrogen and oxygen atoms in total. The average Bonchev–Trinajstić information content (AvgIpc) is 3.40. The minimum atomic E-state index is -3.15. The molecule has 2 aliphatic rings. The van der Waals surface area contributed by atoms with Gasteiger partial charge in [-0.2, -0.15) is 0 Å². The van der Waals surface area contributed by atoms with Gasteiger partial charge in [0.05, 0.1) is 34.8 Å². The number of carbonyl (C=O) groups excluding carboxylic acids is 1. The number of rotatable bonds is 7. The van der Waals surface area contributed by atoms with Crippen LogP contribution in [0.3, 0.4) is 0 Å². The lowest BCUT2D eigenvalue weighted by Gasteiger charge is -2.28. The third-order valence-electron chi connectivity index (χ3n) is 5.43. The molecule has 2 fully saturated rings. The molecule has 0 saturated carbocycles. The Morgan fingerprint density at radius 1 is 1.03 bits per heavy atom. The van der Waals surface area contributed by atoms with Gasteiger partial charge in [-0.25, -0.2) is 16.8 Å². The summed E-state index contributed by atoms with van der Waals surface area (Å²) in [7, 11) is -6.12. The lowest BCUT2D eigenvalue weighted by Crippen LogP contribution is -2.42. The maximum Gasteiger partial charge on any atom is 0.277 e. The highest BCUT2D eigenvalue weighted by atomic mass is 32.2. The first-order chi connectivity index (χ1) is 14.7. The van der Waals surface area contributed by atoms with Crippen LogP contribution in [0.4, 0.5) is 5.69 Å². The zero-order chi connectivity index (χ0) is 22.1. The van der Waals surface area contributed by atoms with Crippen LogP contribution >= 0.6 is 11.8 Å². The van der Waals surface area contributed by atoms with Gasteiger partial charge in [0.2, 0.25) is 11.8 Å². The maximum atomic E-state index is 13.0. The molecule has 0 unspecified atom stereocenters. The van der Waals surface area contributed by atoms with Crippen LogP contribution in [0.15, 0.2) is 40.0 Å². The summed E-state index contributed by atoms with van der Waals surface area (Å²) in [6, 6.07) is 8.62. The van der Waals surface area contributed by atoms with Crippen LogP contribution in [-0.4, -0.2) is 67.7 Å². The number of sulfone groups is 2. The lowest BCUT2D eigenvalue weighted by atomic mass is 10.1. The van der Waals surface area contributed by atoms with Crippen molar-refractivity contribution >= 4 is 43.0 Å². The van der Waals surface area contributed by atoms with Gasteiger partial charge in [-0.3, -0.25) is 4.79 Å². The Labute approximate surface area is 185 Å². The molecule has 31 heavy (non-hydrogen) atoms. The van der Waals surface area contributed by atoms with Gasteiger partial charge < -0.3 is 9.32 Å². The number of thioether (sulfide) groups is 1. The number of aromatic nitrogens is 2. The van der Waals surface area contributed by atoms with Crippen molar-refractivity contribution in [1.29, 1.82) is 0 Å². The zero-order valence-corrected chi connectivity index (χ0v) is 19.2. The third-order valence-corrected chi connectivity index (χ3v) is 9.82. The summed E-state index contributed by atoms with van der Waals surface area (Å²) in [5.41, 5.74) is 0.656. The topological polar surface area (TPSA) is 128 Å². The van der Waals surface area contributed by atoms with Gasteiger partial charge in [-0.1, -0.05) is 30.0 Å². The molecule has 3 heterocycles. The van der Waals surface area contributed by atoms with E-state index in [1.807, 2.05) is 6.07 Å². The number of carbonyl (C=O) groups is 1. The van der Waals surface area contributed by atoms with Crippen LogP contribution in [0.5, 0.6) is 0 Å². The molecule has 2 aliphatic heterocycles. The highest BCUT2D eigenvalue weighted by Crippen LogP contribution is 2.27. The molecule has 0 aliphatic carbocycles. The summed E-state index contributed by atoms with van der Waals surface area (Å²) in [6.07, 6.45) is 1.39. The van der Waals surface area contributed by atoms with Crippen molar-refractivity contribution in [3.05, 3.63) is 36.2 Å². The normalized spacial score (nSPS) is 24.3. The minimum absolute atomic E-state index is 0.0187. The highest BCUT2D eigenvalue weighted by molar-refractivity contribution is 7.99. The molecule has 168 valence electrons. The molecule has 0 radical (unpaired) electrons. The molecule has 1 amide bonds. The molecule has 4 rings (SSSR count).